The summed E-state index contributed by atoms with van der Waals surface area (Å²) in [5, 5.41) is 0.820. The molecule has 0 radical (unpaired) electrons. The molecule has 0 aliphatic rings. The number of benzene rings is 2. The maximum atomic E-state index is 13.6. The van der Waals surface area contributed by atoms with Gasteiger partial charge in [0.2, 0.25) is 5.91 Å². The molecule has 0 saturated heterocycles. The Labute approximate surface area is 141 Å². The maximum absolute atomic E-state index is 13.6. The third-order valence-corrected chi connectivity index (χ3v) is 4.84. The Hall–Kier alpha value is -2.78. The zero-order chi connectivity index (χ0) is 18.0. The van der Waals surface area contributed by atoms with E-state index in [-0.39, 0.29) is 6.42 Å². The molecule has 1 amide bonds. The number of amides is 1. The highest BCUT2D eigenvalue weighted by atomic mass is 32.2. The number of carbonyl (C=O) groups is 1. The number of nitrogens with one attached hydrogen (secondary N) is 3. The van der Waals surface area contributed by atoms with Gasteiger partial charge in [-0.3, -0.25) is 10.2 Å². The van der Waals surface area contributed by atoms with E-state index in [0.717, 1.165) is 29.1 Å². The molecule has 6 nitrogen and oxygen atoms in total. The predicted molar refractivity (Wildman–Crippen MR) is 86.8 cm³/mol. The topological polar surface area (TPSA) is 91.1 Å². The van der Waals surface area contributed by atoms with Gasteiger partial charge in [0.25, 0.3) is 10.0 Å². The third-order valence-electron chi connectivity index (χ3n) is 3.54. The first kappa shape index (κ1) is 17.1. The van der Waals surface area contributed by atoms with Gasteiger partial charge in [-0.2, -0.15) is 0 Å². The molecule has 3 N–H and O–H groups in total. The second-order valence-electron chi connectivity index (χ2n) is 5.24. The Morgan fingerprint density at radius 2 is 1.72 bits per heavy atom. The van der Waals surface area contributed by atoms with Gasteiger partial charge in [0.1, 0.15) is 11.6 Å². The van der Waals surface area contributed by atoms with Gasteiger partial charge < -0.3 is 4.98 Å². The monoisotopic (exact) mass is 365 g/mol. The lowest BCUT2D eigenvalue weighted by atomic mass is 10.1. The Balaban J connectivity index is 1.72. The van der Waals surface area contributed by atoms with E-state index in [9.17, 15) is 22.0 Å². The van der Waals surface area contributed by atoms with Crippen molar-refractivity contribution in [1.29, 1.82) is 0 Å². The number of para-hydroxylation sites is 1. The molecule has 3 aromatic rings. The molecule has 1 heterocycles. The van der Waals surface area contributed by atoms with Crippen molar-refractivity contribution in [3.05, 3.63) is 65.9 Å². The van der Waals surface area contributed by atoms with Gasteiger partial charge in [-0.25, -0.2) is 17.2 Å². The fourth-order valence-electron chi connectivity index (χ4n) is 2.41. The number of aromatic amines is 1. The molecule has 9 heteroatoms. The van der Waals surface area contributed by atoms with Crippen LogP contribution in [0.1, 0.15) is 5.56 Å². The fourth-order valence-corrected chi connectivity index (χ4v) is 3.41. The Kier molecular flexibility index (Phi) is 4.51. The van der Waals surface area contributed by atoms with Crippen molar-refractivity contribution in [2.75, 3.05) is 0 Å². The predicted octanol–water partition coefficient (Wildman–Crippen LogP) is 2.00. The van der Waals surface area contributed by atoms with E-state index in [1.165, 1.54) is 0 Å². The Morgan fingerprint density at radius 1 is 1.04 bits per heavy atom. The van der Waals surface area contributed by atoms with E-state index in [2.05, 4.69) is 4.98 Å². The van der Waals surface area contributed by atoms with E-state index < -0.39 is 32.5 Å². The molecule has 25 heavy (non-hydrogen) atoms. The second kappa shape index (κ2) is 6.61. The number of hydrogen-bond acceptors (Lipinski definition) is 3. The van der Waals surface area contributed by atoms with E-state index in [1.54, 1.807) is 17.1 Å². The van der Waals surface area contributed by atoms with Crippen LogP contribution in [0, 0.1) is 11.6 Å². The largest absolute Gasteiger partial charge is 0.361 e. The molecular formula is C16H13F2N3O3S. The van der Waals surface area contributed by atoms with Crippen LogP contribution >= 0.6 is 0 Å². The van der Waals surface area contributed by atoms with Crippen molar-refractivity contribution in [2.24, 2.45) is 0 Å². The van der Waals surface area contributed by atoms with Crippen LogP contribution in [0.25, 0.3) is 10.9 Å². The number of carbonyl (C=O) groups excluding carboxylic acids is 1. The molecular weight excluding hydrogens is 352 g/mol. The summed E-state index contributed by atoms with van der Waals surface area (Å²) in [5.41, 5.74) is 3.44. The zero-order valence-electron chi connectivity index (χ0n) is 12.7. The van der Waals surface area contributed by atoms with Gasteiger partial charge in [0.15, 0.2) is 4.90 Å². The maximum Gasteiger partial charge on any atom is 0.263 e. The summed E-state index contributed by atoms with van der Waals surface area (Å²) in [4.78, 5) is 15.5. The zero-order valence-corrected chi connectivity index (χ0v) is 13.5. The Morgan fingerprint density at radius 3 is 2.44 bits per heavy atom. The quantitative estimate of drug-likeness (QED) is 0.604. The molecule has 1 aromatic heterocycles. The summed E-state index contributed by atoms with van der Waals surface area (Å²) in [6.45, 7) is 0. The minimum Gasteiger partial charge on any atom is -0.361 e. The number of fused-ring (bicyclic) bond motifs is 1. The average molecular weight is 365 g/mol. The van der Waals surface area contributed by atoms with E-state index in [4.69, 9.17) is 0 Å². The number of aromatic nitrogens is 1. The highest BCUT2D eigenvalue weighted by Gasteiger charge is 2.24. The first-order chi connectivity index (χ1) is 11.9. The van der Waals surface area contributed by atoms with Crippen molar-refractivity contribution in [2.45, 2.75) is 11.3 Å². The lowest BCUT2D eigenvalue weighted by Gasteiger charge is -2.09. The summed E-state index contributed by atoms with van der Waals surface area (Å²) < 4.78 is 51.1. The number of H-pyrrole nitrogens is 1. The normalized spacial score (nSPS) is 11.6. The molecule has 0 aliphatic heterocycles. The molecule has 3 rings (SSSR count). The Bertz CT molecular complexity index is 1030. The summed E-state index contributed by atoms with van der Waals surface area (Å²) in [7, 11) is -4.58. The van der Waals surface area contributed by atoms with Crippen molar-refractivity contribution in [3.8, 4) is 0 Å². The van der Waals surface area contributed by atoms with Crippen molar-refractivity contribution < 1.29 is 22.0 Å². The number of halogens is 2. The summed E-state index contributed by atoms with van der Waals surface area (Å²) in [5.74, 6) is -3.18. The average Bonchev–Trinajstić information content (AvgIpc) is 2.96. The van der Waals surface area contributed by atoms with Crippen LogP contribution in [0.15, 0.2) is 53.6 Å². The van der Waals surface area contributed by atoms with E-state index >= 15 is 0 Å². The fraction of sp³-hybridized carbons (Fsp3) is 0.0625. The van der Waals surface area contributed by atoms with E-state index in [0.29, 0.717) is 5.56 Å². The van der Waals surface area contributed by atoms with Crippen LogP contribution in [0.5, 0.6) is 0 Å². The summed E-state index contributed by atoms with van der Waals surface area (Å²) in [6, 6.07) is 9.95. The molecule has 0 spiro atoms. The van der Waals surface area contributed by atoms with Gasteiger partial charge >= 0.3 is 0 Å². The van der Waals surface area contributed by atoms with Crippen LogP contribution in [0.2, 0.25) is 0 Å². The highest BCUT2D eigenvalue weighted by molar-refractivity contribution is 7.89. The van der Waals surface area contributed by atoms with Gasteiger partial charge in [-0.15, -0.1) is 4.83 Å². The molecule has 0 saturated carbocycles. The van der Waals surface area contributed by atoms with Crippen molar-refractivity contribution in [1.82, 2.24) is 15.2 Å². The lowest BCUT2D eigenvalue weighted by molar-refractivity contribution is -0.120. The number of hydrazine groups is 1. The van der Waals surface area contributed by atoms with Gasteiger partial charge in [0.05, 0.1) is 6.42 Å². The van der Waals surface area contributed by atoms with Crippen molar-refractivity contribution >= 4 is 26.8 Å². The summed E-state index contributed by atoms with van der Waals surface area (Å²) >= 11 is 0. The molecule has 0 bridgehead atoms. The SMILES string of the molecule is O=C(Cc1c[nH]c2ccccc12)NNS(=O)(=O)c1c(F)cccc1F. The number of rotatable bonds is 5. The molecule has 0 unspecified atom stereocenters. The minimum absolute atomic E-state index is 0.119. The number of sulfonamides is 1. The lowest BCUT2D eigenvalue weighted by Crippen LogP contribution is -2.42. The van der Waals surface area contributed by atoms with Crippen LogP contribution in [-0.4, -0.2) is 19.3 Å². The van der Waals surface area contributed by atoms with Crippen molar-refractivity contribution in [3.63, 3.8) is 0 Å². The molecule has 2 aromatic carbocycles. The van der Waals surface area contributed by atoms with E-state index in [1.807, 2.05) is 23.6 Å². The molecule has 0 fully saturated rings. The minimum atomic E-state index is -4.58. The van der Waals surface area contributed by atoms with Crippen LogP contribution < -0.4 is 10.3 Å². The standard InChI is InChI=1S/C16H13F2N3O3S/c17-12-5-3-6-13(18)16(12)25(23,24)21-20-15(22)8-10-9-19-14-7-2-1-4-11(10)14/h1-7,9,19,21H,8H2,(H,20,22). The van der Waals surface area contributed by atoms with Gasteiger partial charge in [0, 0.05) is 17.1 Å². The first-order valence-corrected chi connectivity index (χ1v) is 8.66. The highest BCUT2D eigenvalue weighted by Crippen LogP contribution is 2.19. The molecule has 0 aliphatic carbocycles. The van der Waals surface area contributed by atoms with Gasteiger partial charge in [-0.1, -0.05) is 24.3 Å². The molecule has 130 valence electrons. The van der Waals surface area contributed by atoms with Crippen LogP contribution in [0.4, 0.5) is 8.78 Å². The first-order valence-electron chi connectivity index (χ1n) is 7.18. The second-order valence-corrected chi connectivity index (χ2v) is 6.86. The summed E-state index contributed by atoms with van der Waals surface area (Å²) in [6.07, 6.45) is 1.52. The third kappa shape index (κ3) is 3.52. The number of hydrogen-bond donors (Lipinski definition) is 3. The van der Waals surface area contributed by atoms with Crippen LogP contribution in [0.3, 0.4) is 0 Å². The molecule has 0 atom stereocenters. The van der Waals surface area contributed by atoms with Crippen LogP contribution in [-0.2, 0) is 21.2 Å². The van der Waals surface area contributed by atoms with Gasteiger partial charge in [-0.05, 0) is 23.8 Å². The smallest absolute Gasteiger partial charge is 0.263 e.